The van der Waals surface area contributed by atoms with Gasteiger partial charge in [-0.25, -0.2) is 0 Å². The van der Waals surface area contributed by atoms with Crippen molar-refractivity contribution >= 4 is 5.97 Å². The molecular formula is C9H18O3. The van der Waals surface area contributed by atoms with Crippen molar-refractivity contribution in [1.29, 1.82) is 0 Å². The van der Waals surface area contributed by atoms with Crippen LogP contribution in [0.15, 0.2) is 0 Å². The van der Waals surface area contributed by atoms with Crippen molar-refractivity contribution in [2.24, 2.45) is 5.41 Å². The molecule has 0 aliphatic heterocycles. The quantitative estimate of drug-likeness (QED) is 0.657. The molecule has 1 atom stereocenters. The van der Waals surface area contributed by atoms with E-state index >= 15 is 0 Å². The van der Waals surface area contributed by atoms with Crippen molar-refractivity contribution in [1.82, 2.24) is 0 Å². The molecule has 0 fully saturated rings. The first-order valence-electron chi connectivity index (χ1n) is 4.21. The van der Waals surface area contributed by atoms with Crippen LogP contribution in [-0.2, 0) is 9.53 Å². The fourth-order valence-corrected chi connectivity index (χ4v) is 0.684. The van der Waals surface area contributed by atoms with Gasteiger partial charge in [-0.15, -0.1) is 0 Å². The number of carbonyl (C=O) groups is 1. The Morgan fingerprint density at radius 1 is 1.50 bits per heavy atom. The van der Waals surface area contributed by atoms with Gasteiger partial charge < -0.3 is 9.84 Å². The van der Waals surface area contributed by atoms with E-state index in [4.69, 9.17) is 4.74 Å². The fourth-order valence-electron chi connectivity index (χ4n) is 0.684. The van der Waals surface area contributed by atoms with Crippen LogP contribution < -0.4 is 0 Å². The first-order valence-corrected chi connectivity index (χ1v) is 4.21. The molecule has 72 valence electrons. The van der Waals surface area contributed by atoms with E-state index in [1.807, 2.05) is 20.8 Å². The van der Waals surface area contributed by atoms with E-state index in [2.05, 4.69) is 0 Å². The Hall–Kier alpha value is -0.570. The Balaban J connectivity index is 3.84. The van der Waals surface area contributed by atoms with Gasteiger partial charge in [-0.3, -0.25) is 4.79 Å². The normalized spacial score (nSPS) is 14.1. The van der Waals surface area contributed by atoms with Crippen molar-refractivity contribution < 1.29 is 14.6 Å². The number of rotatable bonds is 3. The van der Waals surface area contributed by atoms with E-state index in [9.17, 15) is 9.90 Å². The van der Waals surface area contributed by atoms with Crippen molar-refractivity contribution in [2.75, 3.05) is 6.61 Å². The van der Waals surface area contributed by atoms with Crippen LogP contribution in [0.25, 0.3) is 0 Å². The van der Waals surface area contributed by atoms with Gasteiger partial charge in [0.05, 0.1) is 19.1 Å². The Morgan fingerprint density at radius 2 is 2.00 bits per heavy atom. The Bertz CT molecular complexity index is 146. The summed E-state index contributed by atoms with van der Waals surface area (Å²) < 4.78 is 4.71. The molecule has 0 amide bonds. The van der Waals surface area contributed by atoms with Gasteiger partial charge in [-0.2, -0.15) is 0 Å². The second kappa shape index (κ2) is 4.45. The van der Waals surface area contributed by atoms with Crippen LogP contribution in [0.3, 0.4) is 0 Å². The van der Waals surface area contributed by atoms with E-state index in [0.717, 1.165) is 0 Å². The third kappa shape index (κ3) is 4.34. The summed E-state index contributed by atoms with van der Waals surface area (Å²) in [4.78, 5) is 10.9. The molecule has 1 N–H and O–H groups in total. The van der Waals surface area contributed by atoms with Crippen molar-refractivity contribution in [3.63, 3.8) is 0 Å². The predicted octanol–water partition coefficient (Wildman–Crippen LogP) is 1.35. The van der Waals surface area contributed by atoms with Crippen LogP contribution in [0.1, 0.15) is 34.1 Å². The molecule has 12 heavy (non-hydrogen) atoms. The van der Waals surface area contributed by atoms with Crippen molar-refractivity contribution in [3.05, 3.63) is 0 Å². The molecule has 0 aliphatic rings. The smallest absolute Gasteiger partial charge is 0.308 e. The summed E-state index contributed by atoms with van der Waals surface area (Å²) in [7, 11) is 0. The van der Waals surface area contributed by atoms with Crippen LogP contribution in [0.5, 0.6) is 0 Å². The highest BCUT2D eigenvalue weighted by atomic mass is 16.5. The molecule has 0 aromatic heterocycles. The number of carbonyl (C=O) groups excluding carboxylic acids is 1. The van der Waals surface area contributed by atoms with Crippen LogP contribution in [0, 0.1) is 5.41 Å². The number of esters is 1. The molecule has 0 aromatic rings. The van der Waals surface area contributed by atoms with E-state index in [1.54, 1.807) is 6.92 Å². The van der Waals surface area contributed by atoms with Crippen LogP contribution in [0.4, 0.5) is 0 Å². The molecule has 3 heteroatoms. The van der Waals surface area contributed by atoms with E-state index in [0.29, 0.717) is 6.61 Å². The SMILES string of the molecule is CCOC(=O)C[C@@H](O)C(C)(C)C. The largest absolute Gasteiger partial charge is 0.466 e. The zero-order valence-corrected chi connectivity index (χ0v) is 8.26. The summed E-state index contributed by atoms with van der Waals surface area (Å²) >= 11 is 0. The summed E-state index contributed by atoms with van der Waals surface area (Å²) in [6.07, 6.45) is -0.548. The summed E-state index contributed by atoms with van der Waals surface area (Å²) in [5.74, 6) is -0.333. The van der Waals surface area contributed by atoms with E-state index in [1.165, 1.54) is 0 Å². The topological polar surface area (TPSA) is 46.5 Å². The summed E-state index contributed by atoms with van der Waals surface area (Å²) in [5, 5.41) is 9.48. The summed E-state index contributed by atoms with van der Waals surface area (Å²) in [6.45, 7) is 7.78. The molecule has 0 heterocycles. The number of hydrogen-bond acceptors (Lipinski definition) is 3. The highest BCUT2D eigenvalue weighted by molar-refractivity contribution is 5.70. The minimum absolute atomic E-state index is 0.0807. The molecule has 0 saturated carbocycles. The van der Waals surface area contributed by atoms with Crippen molar-refractivity contribution in [3.8, 4) is 0 Å². The number of ether oxygens (including phenoxy) is 1. The maximum Gasteiger partial charge on any atom is 0.308 e. The second-order valence-corrected chi connectivity index (χ2v) is 3.89. The minimum Gasteiger partial charge on any atom is -0.466 e. The van der Waals surface area contributed by atoms with Crippen LogP contribution in [0.2, 0.25) is 0 Å². The van der Waals surface area contributed by atoms with Crippen LogP contribution >= 0.6 is 0 Å². The Labute approximate surface area is 73.7 Å². The molecule has 0 rings (SSSR count). The number of aliphatic hydroxyl groups excluding tert-OH is 1. The summed E-state index contributed by atoms with van der Waals surface area (Å²) in [6, 6.07) is 0. The van der Waals surface area contributed by atoms with Gasteiger partial charge in [0, 0.05) is 0 Å². The Morgan fingerprint density at radius 3 is 2.33 bits per heavy atom. The first kappa shape index (κ1) is 11.4. The lowest BCUT2D eigenvalue weighted by molar-refractivity contribution is -0.147. The highest BCUT2D eigenvalue weighted by Crippen LogP contribution is 2.21. The van der Waals surface area contributed by atoms with Gasteiger partial charge in [0.1, 0.15) is 0 Å². The Kier molecular flexibility index (Phi) is 4.24. The van der Waals surface area contributed by atoms with Gasteiger partial charge in [0.15, 0.2) is 0 Å². The first-order chi connectivity index (χ1) is 5.38. The van der Waals surface area contributed by atoms with Crippen molar-refractivity contribution in [2.45, 2.75) is 40.2 Å². The standard InChI is InChI=1S/C9H18O3/c1-5-12-8(11)6-7(10)9(2,3)4/h7,10H,5-6H2,1-4H3/t7-/m1/s1. The third-order valence-corrected chi connectivity index (χ3v) is 1.67. The van der Waals surface area contributed by atoms with Gasteiger partial charge in [-0.05, 0) is 12.3 Å². The fraction of sp³-hybridized carbons (Fsp3) is 0.889. The molecular weight excluding hydrogens is 156 g/mol. The summed E-state index contributed by atoms with van der Waals surface area (Å²) in [5.41, 5.74) is -0.257. The van der Waals surface area contributed by atoms with Gasteiger partial charge in [0.25, 0.3) is 0 Å². The lowest BCUT2D eigenvalue weighted by Gasteiger charge is -2.24. The third-order valence-electron chi connectivity index (χ3n) is 1.67. The lowest BCUT2D eigenvalue weighted by atomic mass is 9.87. The van der Waals surface area contributed by atoms with Gasteiger partial charge in [-0.1, -0.05) is 20.8 Å². The molecule has 0 saturated heterocycles. The molecule has 0 spiro atoms. The van der Waals surface area contributed by atoms with Gasteiger partial charge in [0.2, 0.25) is 0 Å². The number of aliphatic hydroxyl groups is 1. The molecule has 0 bridgehead atoms. The molecule has 0 radical (unpaired) electrons. The van der Waals surface area contributed by atoms with E-state index < -0.39 is 6.10 Å². The molecule has 0 unspecified atom stereocenters. The predicted molar refractivity (Wildman–Crippen MR) is 46.7 cm³/mol. The molecule has 0 aromatic carbocycles. The average Bonchev–Trinajstić information content (AvgIpc) is 1.85. The maximum absolute atomic E-state index is 10.9. The minimum atomic E-state index is -0.628. The molecule has 3 nitrogen and oxygen atoms in total. The monoisotopic (exact) mass is 174 g/mol. The van der Waals surface area contributed by atoms with E-state index in [-0.39, 0.29) is 17.8 Å². The molecule has 0 aliphatic carbocycles. The average molecular weight is 174 g/mol. The second-order valence-electron chi connectivity index (χ2n) is 3.89. The number of hydrogen-bond donors (Lipinski definition) is 1. The zero-order chi connectivity index (χ0) is 9.78. The van der Waals surface area contributed by atoms with Crippen LogP contribution in [-0.4, -0.2) is 23.8 Å². The maximum atomic E-state index is 10.9. The van der Waals surface area contributed by atoms with Gasteiger partial charge >= 0.3 is 5.97 Å². The zero-order valence-electron chi connectivity index (χ0n) is 8.26. The lowest BCUT2D eigenvalue weighted by Crippen LogP contribution is -2.29. The highest BCUT2D eigenvalue weighted by Gasteiger charge is 2.24.